The number of methoxy groups -OCH3 is 2. The van der Waals surface area contributed by atoms with E-state index in [1.807, 2.05) is 6.92 Å². The van der Waals surface area contributed by atoms with E-state index in [-0.39, 0.29) is 24.8 Å². The number of hydrogen-bond donors (Lipinski definition) is 1. The lowest BCUT2D eigenvalue weighted by Gasteiger charge is -2.13. The molecule has 0 bridgehead atoms. The van der Waals surface area contributed by atoms with Crippen molar-refractivity contribution in [2.75, 3.05) is 26.1 Å². The molecule has 0 saturated heterocycles. The molecule has 1 amide bonds. The lowest BCUT2D eigenvalue weighted by Crippen LogP contribution is -2.16. The molecule has 0 aliphatic carbocycles. The summed E-state index contributed by atoms with van der Waals surface area (Å²) in [5, 5.41) is 2.82. The second kappa shape index (κ2) is 8.19. The maximum atomic E-state index is 12.8. The highest BCUT2D eigenvalue weighted by Gasteiger charge is 2.11. The smallest absolute Gasteiger partial charge is 0.227 e. The van der Waals surface area contributed by atoms with Gasteiger partial charge in [-0.3, -0.25) is 4.79 Å². The van der Waals surface area contributed by atoms with E-state index in [9.17, 15) is 9.18 Å². The monoisotopic (exact) mass is 333 g/mol. The molecule has 0 aliphatic rings. The van der Waals surface area contributed by atoms with Crippen LogP contribution in [0.3, 0.4) is 0 Å². The lowest BCUT2D eigenvalue weighted by atomic mass is 10.1. The number of ether oxygens (including phenoxy) is 3. The number of hydrogen-bond acceptors (Lipinski definition) is 4. The Morgan fingerprint density at radius 2 is 1.71 bits per heavy atom. The first-order valence-corrected chi connectivity index (χ1v) is 7.44. The van der Waals surface area contributed by atoms with Crippen LogP contribution in [-0.4, -0.2) is 26.7 Å². The van der Waals surface area contributed by atoms with Gasteiger partial charge in [0.05, 0.1) is 27.2 Å². The minimum Gasteiger partial charge on any atom is -0.493 e. The van der Waals surface area contributed by atoms with Crippen molar-refractivity contribution >= 4 is 11.6 Å². The quantitative estimate of drug-likeness (QED) is 0.842. The maximum absolute atomic E-state index is 12.8. The predicted octanol–water partition coefficient (Wildman–Crippen LogP) is 3.56. The van der Waals surface area contributed by atoms with E-state index in [4.69, 9.17) is 14.2 Å². The van der Waals surface area contributed by atoms with Crippen LogP contribution < -0.4 is 19.5 Å². The minimum absolute atomic E-state index is 0.172. The van der Waals surface area contributed by atoms with Crippen LogP contribution in [0, 0.1) is 12.7 Å². The Kier molecular flexibility index (Phi) is 6.01. The van der Waals surface area contributed by atoms with Gasteiger partial charge < -0.3 is 19.5 Å². The van der Waals surface area contributed by atoms with Gasteiger partial charge in [0.2, 0.25) is 5.91 Å². The van der Waals surface area contributed by atoms with Crippen LogP contribution in [0.1, 0.15) is 12.0 Å². The number of carbonyl (C=O) groups excluding carboxylic acids is 1. The zero-order chi connectivity index (χ0) is 17.5. The number of halogens is 1. The summed E-state index contributed by atoms with van der Waals surface area (Å²) in [6.45, 7) is 2.07. The summed E-state index contributed by atoms with van der Waals surface area (Å²) in [5.41, 5.74) is 1.51. The molecular formula is C18H20FNO4. The molecule has 0 unspecified atom stereocenters. The Morgan fingerprint density at radius 3 is 2.33 bits per heavy atom. The van der Waals surface area contributed by atoms with E-state index in [1.165, 1.54) is 31.4 Å². The van der Waals surface area contributed by atoms with E-state index in [0.717, 1.165) is 5.56 Å². The molecule has 1 N–H and O–H groups in total. The van der Waals surface area contributed by atoms with E-state index in [0.29, 0.717) is 22.9 Å². The summed E-state index contributed by atoms with van der Waals surface area (Å²) in [4.78, 5) is 12.0. The van der Waals surface area contributed by atoms with Crippen molar-refractivity contribution in [3.8, 4) is 17.2 Å². The van der Waals surface area contributed by atoms with Gasteiger partial charge in [0, 0.05) is 11.8 Å². The van der Waals surface area contributed by atoms with Crippen LogP contribution >= 0.6 is 0 Å². The summed E-state index contributed by atoms with van der Waals surface area (Å²) in [6.07, 6.45) is 0.172. The van der Waals surface area contributed by atoms with Crippen LogP contribution in [0.15, 0.2) is 36.4 Å². The van der Waals surface area contributed by atoms with Crippen molar-refractivity contribution in [2.24, 2.45) is 0 Å². The molecule has 0 radical (unpaired) electrons. The highest BCUT2D eigenvalue weighted by molar-refractivity contribution is 5.92. The normalized spacial score (nSPS) is 10.2. The van der Waals surface area contributed by atoms with Crippen molar-refractivity contribution in [1.82, 2.24) is 0 Å². The van der Waals surface area contributed by atoms with Gasteiger partial charge in [0.15, 0.2) is 11.5 Å². The highest BCUT2D eigenvalue weighted by atomic mass is 19.1. The Labute approximate surface area is 140 Å². The fourth-order valence-electron chi connectivity index (χ4n) is 2.12. The first kappa shape index (κ1) is 17.6. The molecule has 5 nitrogen and oxygen atoms in total. The van der Waals surface area contributed by atoms with Gasteiger partial charge in [-0.25, -0.2) is 4.39 Å². The standard InChI is InChI=1S/C18H20FNO4/c1-12-10-16(22-2)17(23-3)11-15(12)20-18(21)8-9-24-14-6-4-13(19)5-7-14/h4-7,10-11H,8-9H2,1-3H3,(H,20,21). The third-order valence-electron chi connectivity index (χ3n) is 3.42. The van der Waals surface area contributed by atoms with Gasteiger partial charge in [-0.1, -0.05) is 0 Å². The lowest BCUT2D eigenvalue weighted by molar-refractivity contribution is -0.116. The number of nitrogens with one attached hydrogen (secondary N) is 1. The van der Waals surface area contributed by atoms with Crippen molar-refractivity contribution < 1.29 is 23.4 Å². The average Bonchev–Trinajstić information content (AvgIpc) is 2.58. The van der Waals surface area contributed by atoms with Crippen molar-refractivity contribution in [2.45, 2.75) is 13.3 Å². The van der Waals surface area contributed by atoms with E-state index in [2.05, 4.69) is 5.32 Å². The minimum atomic E-state index is -0.330. The van der Waals surface area contributed by atoms with Crippen LogP contribution in [0.25, 0.3) is 0 Å². The molecule has 24 heavy (non-hydrogen) atoms. The van der Waals surface area contributed by atoms with Gasteiger partial charge in [-0.15, -0.1) is 0 Å². The Balaban J connectivity index is 1.91. The molecule has 0 aromatic heterocycles. The second-order valence-corrected chi connectivity index (χ2v) is 5.12. The molecule has 0 spiro atoms. The summed E-state index contributed by atoms with van der Waals surface area (Å²) in [6, 6.07) is 9.17. The Hall–Kier alpha value is -2.76. The molecule has 0 fully saturated rings. The Bertz CT molecular complexity index is 701. The van der Waals surface area contributed by atoms with Gasteiger partial charge in [0.25, 0.3) is 0 Å². The zero-order valence-corrected chi connectivity index (χ0v) is 13.9. The number of amides is 1. The van der Waals surface area contributed by atoms with Crippen molar-refractivity contribution in [3.05, 3.63) is 47.8 Å². The third kappa shape index (κ3) is 4.62. The first-order chi connectivity index (χ1) is 11.5. The van der Waals surface area contributed by atoms with E-state index < -0.39 is 0 Å². The predicted molar refractivity (Wildman–Crippen MR) is 89.4 cm³/mol. The van der Waals surface area contributed by atoms with Crippen LogP contribution in [0.4, 0.5) is 10.1 Å². The Morgan fingerprint density at radius 1 is 1.08 bits per heavy atom. The molecule has 2 aromatic carbocycles. The molecule has 2 rings (SSSR count). The number of carbonyl (C=O) groups is 1. The fraction of sp³-hybridized carbons (Fsp3) is 0.278. The summed E-state index contributed by atoms with van der Waals surface area (Å²) >= 11 is 0. The summed E-state index contributed by atoms with van der Waals surface area (Å²) in [5.74, 6) is 1.15. The SMILES string of the molecule is COc1cc(C)c(NC(=O)CCOc2ccc(F)cc2)cc1OC. The van der Waals surface area contributed by atoms with Crippen molar-refractivity contribution in [3.63, 3.8) is 0 Å². The van der Waals surface area contributed by atoms with Crippen LogP contribution in [0.5, 0.6) is 17.2 Å². The molecule has 0 saturated carbocycles. The largest absolute Gasteiger partial charge is 0.493 e. The third-order valence-corrected chi connectivity index (χ3v) is 3.42. The van der Waals surface area contributed by atoms with E-state index >= 15 is 0 Å². The summed E-state index contributed by atoms with van der Waals surface area (Å²) in [7, 11) is 3.09. The van der Waals surface area contributed by atoms with Crippen molar-refractivity contribution in [1.29, 1.82) is 0 Å². The number of anilines is 1. The average molecular weight is 333 g/mol. The maximum Gasteiger partial charge on any atom is 0.227 e. The van der Waals surface area contributed by atoms with Gasteiger partial charge in [-0.05, 0) is 42.8 Å². The topological polar surface area (TPSA) is 56.8 Å². The molecule has 2 aromatic rings. The summed E-state index contributed by atoms with van der Waals surface area (Å²) < 4.78 is 28.6. The number of aryl methyl sites for hydroxylation is 1. The molecule has 0 atom stereocenters. The van der Waals surface area contributed by atoms with Gasteiger partial charge >= 0.3 is 0 Å². The molecular weight excluding hydrogens is 313 g/mol. The molecule has 128 valence electrons. The zero-order valence-electron chi connectivity index (χ0n) is 13.9. The molecule has 0 aliphatic heterocycles. The molecule has 0 heterocycles. The van der Waals surface area contributed by atoms with Crippen LogP contribution in [-0.2, 0) is 4.79 Å². The number of benzene rings is 2. The number of rotatable bonds is 7. The fourth-order valence-corrected chi connectivity index (χ4v) is 2.12. The highest BCUT2D eigenvalue weighted by Crippen LogP contribution is 2.32. The van der Waals surface area contributed by atoms with Crippen LogP contribution in [0.2, 0.25) is 0 Å². The van der Waals surface area contributed by atoms with E-state index in [1.54, 1.807) is 19.2 Å². The molecule has 6 heteroatoms. The van der Waals surface area contributed by atoms with Gasteiger partial charge in [0.1, 0.15) is 11.6 Å². The second-order valence-electron chi connectivity index (χ2n) is 5.12. The first-order valence-electron chi connectivity index (χ1n) is 7.44. The van der Waals surface area contributed by atoms with Gasteiger partial charge in [-0.2, -0.15) is 0 Å².